The second kappa shape index (κ2) is 9.25. The molecule has 0 amide bonds. The number of fused-ring (bicyclic) bond motifs is 4. The van der Waals surface area contributed by atoms with Gasteiger partial charge >= 0.3 is 0 Å². The van der Waals surface area contributed by atoms with Crippen LogP contribution in [0, 0.1) is 11.8 Å². The van der Waals surface area contributed by atoms with E-state index in [0.29, 0.717) is 0 Å². The maximum Gasteiger partial charge on any atom is 0.128 e. The summed E-state index contributed by atoms with van der Waals surface area (Å²) in [4.78, 5) is 13.2. The molecule has 1 N–H and O–H groups in total. The van der Waals surface area contributed by atoms with Crippen LogP contribution >= 0.6 is 37.2 Å². The molecule has 0 radical (unpaired) electrons. The Morgan fingerprint density at radius 3 is 2.16 bits per heavy atom. The van der Waals surface area contributed by atoms with Crippen LogP contribution in [0.15, 0.2) is 60.8 Å². The first-order valence-corrected chi connectivity index (χ1v) is 10.1. The lowest BCUT2D eigenvalue weighted by Crippen LogP contribution is -2.27. The fraction of sp³-hybridized carbons (Fsp3) is 0.292. The van der Waals surface area contributed by atoms with Crippen molar-refractivity contribution in [2.24, 2.45) is 11.8 Å². The van der Waals surface area contributed by atoms with Crippen molar-refractivity contribution in [2.45, 2.75) is 0 Å². The van der Waals surface area contributed by atoms with Gasteiger partial charge in [0.15, 0.2) is 0 Å². The summed E-state index contributed by atoms with van der Waals surface area (Å²) < 4.78 is 0. The number of benzene rings is 2. The minimum absolute atomic E-state index is 0. The normalized spacial score (nSPS) is 20.2. The highest BCUT2D eigenvalue weighted by molar-refractivity contribution is 6.08. The minimum atomic E-state index is 0. The first-order chi connectivity index (χ1) is 13.7. The van der Waals surface area contributed by atoms with Gasteiger partial charge in [-0.05, 0) is 54.8 Å². The summed E-state index contributed by atoms with van der Waals surface area (Å²) in [5.41, 5.74) is 4.77. The summed E-state index contributed by atoms with van der Waals surface area (Å²) in [5, 5.41) is 2.55. The van der Waals surface area contributed by atoms with E-state index in [1.54, 1.807) is 0 Å². The van der Waals surface area contributed by atoms with Crippen LogP contribution in [0.1, 0.15) is 0 Å². The number of para-hydroxylation sites is 1. The molecule has 2 aromatic carbocycles. The van der Waals surface area contributed by atoms with E-state index in [1.807, 2.05) is 6.20 Å². The van der Waals surface area contributed by atoms with Crippen LogP contribution in [0.4, 0.5) is 5.82 Å². The van der Waals surface area contributed by atoms with Gasteiger partial charge in [0.2, 0.25) is 0 Å². The van der Waals surface area contributed by atoms with Crippen molar-refractivity contribution in [3.05, 3.63) is 60.8 Å². The molecule has 2 aliphatic rings. The first kappa shape index (κ1) is 23.7. The standard InChI is InChI=1S/C24H24N4.3ClH/c1-27-12-18-14-28(15-19(18)13-27)24-9-7-17(11-25-24)16-6-8-23-21(10-16)20-4-2-3-5-22(20)26-23;;;/h2-11,18-19,26H,12-15H2,1H3;3*1H. The van der Waals surface area contributed by atoms with E-state index in [0.717, 1.165) is 30.7 Å². The van der Waals surface area contributed by atoms with Crippen LogP contribution < -0.4 is 4.90 Å². The van der Waals surface area contributed by atoms with E-state index in [9.17, 15) is 0 Å². The average Bonchev–Trinajstić information content (AvgIpc) is 3.38. The number of halogens is 3. The maximum atomic E-state index is 4.82. The number of hydrogen-bond acceptors (Lipinski definition) is 3. The van der Waals surface area contributed by atoms with Crippen LogP contribution in [-0.4, -0.2) is 48.1 Å². The molecule has 31 heavy (non-hydrogen) atoms. The molecular formula is C24H27Cl3N4. The molecule has 0 saturated carbocycles. The number of rotatable bonds is 2. The lowest BCUT2D eigenvalue weighted by Gasteiger charge is -2.20. The Morgan fingerprint density at radius 1 is 0.774 bits per heavy atom. The SMILES string of the molecule is CN1CC2CN(c3ccc(-c4ccc5[nH]c6ccccc6c5c4)cn3)CC2C1.Cl.Cl.Cl. The monoisotopic (exact) mass is 476 g/mol. The lowest BCUT2D eigenvalue weighted by molar-refractivity contribution is 0.387. The van der Waals surface area contributed by atoms with Crippen molar-refractivity contribution in [2.75, 3.05) is 38.1 Å². The Hall–Kier alpha value is -1.98. The highest BCUT2D eigenvalue weighted by atomic mass is 35.5. The molecule has 2 atom stereocenters. The number of aromatic nitrogens is 2. The van der Waals surface area contributed by atoms with Gasteiger partial charge in [0.25, 0.3) is 0 Å². The number of H-pyrrole nitrogens is 1. The summed E-state index contributed by atoms with van der Waals surface area (Å²) in [7, 11) is 2.24. The summed E-state index contributed by atoms with van der Waals surface area (Å²) >= 11 is 0. The Labute approximate surface area is 201 Å². The van der Waals surface area contributed by atoms with E-state index in [2.05, 4.69) is 76.4 Å². The van der Waals surface area contributed by atoms with Crippen molar-refractivity contribution >= 4 is 64.8 Å². The summed E-state index contributed by atoms with van der Waals surface area (Å²) in [6.07, 6.45) is 2.03. The molecule has 6 rings (SSSR count). The van der Waals surface area contributed by atoms with Crippen molar-refractivity contribution in [3.8, 4) is 11.1 Å². The summed E-state index contributed by atoms with van der Waals surface area (Å²) in [6.45, 7) is 4.74. The van der Waals surface area contributed by atoms with E-state index in [4.69, 9.17) is 4.98 Å². The third-order valence-electron chi connectivity index (χ3n) is 6.58. The number of anilines is 1. The topological polar surface area (TPSA) is 35.2 Å². The van der Waals surface area contributed by atoms with E-state index < -0.39 is 0 Å². The molecule has 4 nitrogen and oxygen atoms in total. The summed E-state index contributed by atoms with van der Waals surface area (Å²) in [6, 6.07) is 19.5. The molecule has 7 heteroatoms. The average molecular weight is 478 g/mol. The van der Waals surface area contributed by atoms with Gasteiger partial charge in [0.05, 0.1) is 0 Å². The van der Waals surface area contributed by atoms with Crippen LogP contribution in [0.5, 0.6) is 0 Å². The number of aromatic amines is 1. The number of nitrogens with one attached hydrogen (secondary N) is 1. The van der Waals surface area contributed by atoms with Crippen molar-refractivity contribution in [1.82, 2.24) is 14.9 Å². The fourth-order valence-corrected chi connectivity index (χ4v) is 5.19. The smallest absolute Gasteiger partial charge is 0.128 e. The first-order valence-electron chi connectivity index (χ1n) is 10.1. The van der Waals surface area contributed by atoms with Gasteiger partial charge in [0.1, 0.15) is 5.82 Å². The van der Waals surface area contributed by atoms with Crippen LogP contribution in [-0.2, 0) is 0 Å². The molecule has 0 aliphatic carbocycles. The number of nitrogens with zero attached hydrogens (tertiary/aromatic N) is 3. The second-order valence-electron chi connectivity index (χ2n) is 8.48. The molecule has 0 bridgehead atoms. The third kappa shape index (κ3) is 4.10. The van der Waals surface area contributed by atoms with Gasteiger partial charge in [-0.2, -0.15) is 0 Å². The zero-order chi connectivity index (χ0) is 18.7. The van der Waals surface area contributed by atoms with Gasteiger partial charge in [-0.1, -0.05) is 24.3 Å². The lowest BCUT2D eigenvalue weighted by atomic mass is 10.0. The van der Waals surface area contributed by atoms with Gasteiger partial charge in [-0.25, -0.2) is 4.98 Å². The molecular weight excluding hydrogens is 451 g/mol. The zero-order valence-electron chi connectivity index (χ0n) is 17.3. The molecule has 2 aromatic heterocycles. The molecule has 164 valence electrons. The highest BCUT2D eigenvalue weighted by Gasteiger charge is 2.38. The summed E-state index contributed by atoms with van der Waals surface area (Å²) in [5.74, 6) is 2.72. The Kier molecular flexibility index (Phi) is 7.07. The minimum Gasteiger partial charge on any atom is -0.356 e. The van der Waals surface area contributed by atoms with E-state index in [1.165, 1.54) is 46.0 Å². The van der Waals surface area contributed by atoms with E-state index >= 15 is 0 Å². The van der Waals surface area contributed by atoms with E-state index in [-0.39, 0.29) is 37.2 Å². The third-order valence-corrected chi connectivity index (χ3v) is 6.58. The predicted octanol–water partition coefficient (Wildman–Crippen LogP) is 5.65. The van der Waals surface area contributed by atoms with Gasteiger partial charge in [-0.15, -0.1) is 37.2 Å². The highest BCUT2D eigenvalue weighted by Crippen LogP contribution is 2.34. The molecule has 4 aromatic rings. The van der Waals surface area contributed by atoms with Gasteiger partial charge in [0, 0.05) is 59.7 Å². The molecule has 2 fully saturated rings. The molecule has 4 heterocycles. The largest absolute Gasteiger partial charge is 0.356 e. The Bertz CT molecular complexity index is 1160. The molecule has 2 unspecified atom stereocenters. The number of hydrogen-bond donors (Lipinski definition) is 1. The second-order valence-corrected chi connectivity index (χ2v) is 8.48. The Morgan fingerprint density at radius 2 is 1.45 bits per heavy atom. The molecule has 2 aliphatic heterocycles. The zero-order valence-corrected chi connectivity index (χ0v) is 19.8. The van der Waals surface area contributed by atoms with Crippen molar-refractivity contribution < 1.29 is 0 Å². The molecule has 0 spiro atoms. The van der Waals surface area contributed by atoms with Crippen LogP contribution in [0.25, 0.3) is 32.9 Å². The van der Waals surface area contributed by atoms with Crippen LogP contribution in [0.2, 0.25) is 0 Å². The fourth-order valence-electron chi connectivity index (χ4n) is 5.19. The molecule has 2 saturated heterocycles. The number of pyridine rings is 1. The Balaban J connectivity index is 0.000000907. The van der Waals surface area contributed by atoms with Crippen molar-refractivity contribution in [3.63, 3.8) is 0 Å². The predicted molar refractivity (Wildman–Crippen MR) is 137 cm³/mol. The van der Waals surface area contributed by atoms with Gasteiger partial charge < -0.3 is 14.8 Å². The van der Waals surface area contributed by atoms with Gasteiger partial charge in [-0.3, -0.25) is 0 Å². The quantitative estimate of drug-likeness (QED) is 0.405. The maximum absolute atomic E-state index is 4.82. The van der Waals surface area contributed by atoms with Crippen molar-refractivity contribution in [1.29, 1.82) is 0 Å². The number of likely N-dealkylation sites (tertiary alicyclic amines) is 1. The van der Waals surface area contributed by atoms with Crippen LogP contribution in [0.3, 0.4) is 0 Å².